The molecule has 0 bridgehead atoms. The number of methoxy groups -OCH3 is 3. The van der Waals surface area contributed by atoms with Crippen molar-refractivity contribution in [1.82, 2.24) is 5.32 Å². The summed E-state index contributed by atoms with van der Waals surface area (Å²) >= 11 is 0. The molecule has 128 valence electrons. The Bertz CT molecular complexity index is 686. The van der Waals surface area contributed by atoms with Gasteiger partial charge in [-0.15, -0.1) is 0 Å². The first-order valence-electron chi connectivity index (χ1n) is 7.61. The number of carbonyl (C=O) groups is 1. The highest BCUT2D eigenvalue weighted by Crippen LogP contribution is 2.30. The fraction of sp³-hybridized carbons (Fsp3) is 0.316. The Labute approximate surface area is 142 Å². The monoisotopic (exact) mass is 329 g/mol. The Hall–Kier alpha value is -2.69. The molecule has 5 nitrogen and oxygen atoms in total. The minimum absolute atomic E-state index is 0.259. The standard InChI is InChI=1S/C19H23NO4/c1-19(2,13-9-11-14(22-3)12-10-13)20-18(21)17-15(23-4)7-6-8-16(17)24-5/h6-12H,1-5H3,(H,20,21). The minimum atomic E-state index is -0.574. The Kier molecular flexibility index (Phi) is 5.34. The average Bonchev–Trinajstić information content (AvgIpc) is 2.60. The molecule has 0 aromatic heterocycles. The van der Waals surface area contributed by atoms with E-state index in [0.717, 1.165) is 11.3 Å². The number of benzene rings is 2. The maximum Gasteiger partial charge on any atom is 0.259 e. The van der Waals surface area contributed by atoms with Gasteiger partial charge in [0.05, 0.1) is 26.9 Å². The molecule has 0 saturated carbocycles. The molecular weight excluding hydrogens is 306 g/mol. The minimum Gasteiger partial charge on any atom is -0.497 e. The fourth-order valence-corrected chi connectivity index (χ4v) is 2.50. The van der Waals surface area contributed by atoms with Gasteiger partial charge in [0.15, 0.2) is 0 Å². The van der Waals surface area contributed by atoms with Crippen LogP contribution in [0, 0.1) is 0 Å². The van der Waals surface area contributed by atoms with Crippen molar-refractivity contribution in [3.8, 4) is 17.2 Å². The Morgan fingerprint density at radius 3 is 1.88 bits per heavy atom. The Morgan fingerprint density at radius 2 is 1.42 bits per heavy atom. The predicted molar refractivity (Wildman–Crippen MR) is 93.0 cm³/mol. The smallest absolute Gasteiger partial charge is 0.259 e. The first kappa shape index (κ1) is 17.7. The summed E-state index contributed by atoms with van der Waals surface area (Å²) in [5.74, 6) is 1.45. The molecule has 0 aliphatic heterocycles. The zero-order valence-electron chi connectivity index (χ0n) is 14.7. The van der Waals surface area contributed by atoms with Gasteiger partial charge in [0, 0.05) is 0 Å². The molecule has 0 radical (unpaired) electrons. The molecule has 2 rings (SSSR count). The lowest BCUT2D eigenvalue weighted by Gasteiger charge is -2.28. The molecule has 0 unspecified atom stereocenters. The van der Waals surface area contributed by atoms with Gasteiger partial charge < -0.3 is 19.5 Å². The number of nitrogens with one attached hydrogen (secondary N) is 1. The lowest BCUT2D eigenvalue weighted by atomic mass is 9.93. The summed E-state index contributed by atoms with van der Waals surface area (Å²) in [6.07, 6.45) is 0. The molecule has 0 saturated heterocycles. The highest BCUT2D eigenvalue weighted by Gasteiger charge is 2.27. The first-order chi connectivity index (χ1) is 11.4. The number of hydrogen-bond donors (Lipinski definition) is 1. The zero-order valence-corrected chi connectivity index (χ0v) is 14.7. The van der Waals surface area contributed by atoms with Crippen LogP contribution in [0.2, 0.25) is 0 Å². The van der Waals surface area contributed by atoms with Gasteiger partial charge in [0.25, 0.3) is 5.91 Å². The van der Waals surface area contributed by atoms with Gasteiger partial charge in [0.1, 0.15) is 22.8 Å². The number of amides is 1. The van der Waals surface area contributed by atoms with E-state index in [9.17, 15) is 4.79 Å². The van der Waals surface area contributed by atoms with E-state index >= 15 is 0 Å². The molecule has 2 aromatic carbocycles. The third-order valence-electron chi connectivity index (χ3n) is 3.89. The van der Waals surface area contributed by atoms with Gasteiger partial charge in [-0.25, -0.2) is 0 Å². The van der Waals surface area contributed by atoms with Crippen LogP contribution in [0.5, 0.6) is 17.2 Å². The van der Waals surface area contributed by atoms with E-state index in [-0.39, 0.29) is 5.91 Å². The van der Waals surface area contributed by atoms with Crippen LogP contribution >= 0.6 is 0 Å². The van der Waals surface area contributed by atoms with E-state index in [1.54, 1.807) is 25.3 Å². The summed E-state index contributed by atoms with van der Waals surface area (Å²) in [6.45, 7) is 3.88. The molecule has 0 aliphatic rings. The van der Waals surface area contributed by atoms with Crippen LogP contribution in [0.15, 0.2) is 42.5 Å². The summed E-state index contributed by atoms with van der Waals surface area (Å²) in [5.41, 5.74) is 0.768. The maximum atomic E-state index is 12.8. The van der Waals surface area contributed by atoms with Crippen molar-refractivity contribution in [2.45, 2.75) is 19.4 Å². The lowest BCUT2D eigenvalue weighted by molar-refractivity contribution is 0.0905. The summed E-state index contributed by atoms with van der Waals surface area (Å²) in [5, 5.41) is 3.04. The van der Waals surface area contributed by atoms with Crippen molar-refractivity contribution < 1.29 is 19.0 Å². The second kappa shape index (κ2) is 7.25. The topological polar surface area (TPSA) is 56.8 Å². The number of carbonyl (C=O) groups excluding carboxylic acids is 1. The van der Waals surface area contributed by atoms with Crippen molar-refractivity contribution >= 4 is 5.91 Å². The number of ether oxygens (including phenoxy) is 3. The molecule has 0 spiro atoms. The number of rotatable bonds is 6. The Morgan fingerprint density at radius 1 is 0.875 bits per heavy atom. The Balaban J connectivity index is 2.30. The van der Waals surface area contributed by atoms with Crippen molar-refractivity contribution in [2.75, 3.05) is 21.3 Å². The fourth-order valence-electron chi connectivity index (χ4n) is 2.50. The zero-order chi connectivity index (χ0) is 17.7. The van der Waals surface area contributed by atoms with E-state index < -0.39 is 5.54 Å². The third-order valence-corrected chi connectivity index (χ3v) is 3.89. The van der Waals surface area contributed by atoms with Crippen molar-refractivity contribution in [3.05, 3.63) is 53.6 Å². The van der Waals surface area contributed by atoms with Crippen LogP contribution in [-0.4, -0.2) is 27.2 Å². The van der Waals surface area contributed by atoms with Crippen molar-refractivity contribution in [3.63, 3.8) is 0 Å². The van der Waals surface area contributed by atoms with Gasteiger partial charge in [-0.2, -0.15) is 0 Å². The molecule has 5 heteroatoms. The molecule has 2 aromatic rings. The van der Waals surface area contributed by atoms with Gasteiger partial charge in [-0.1, -0.05) is 18.2 Å². The van der Waals surface area contributed by atoms with Crippen LogP contribution in [0.4, 0.5) is 0 Å². The van der Waals surface area contributed by atoms with E-state index in [0.29, 0.717) is 17.1 Å². The SMILES string of the molecule is COc1ccc(C(C)(C)NC(=O)c2c(OC)cccc2OC)cc1. The normalized spacial score (nSPS) is 10.9. The van der Waals surface area contributed by atoms with Gasteiger partial charge in [-0.3, -0.25) is 4.79 Å². The molecule has 1 amide bonds. The molecular formula is C19H23NO4. The highest BCUT2D eigenvalue weighted by molar-refractivity contribution is 6.00. The number of hydrogen-bond acceptors (Lipinski definition) is 4. The average molecular weight is 329 g/mol. The van der Waals surface area contributed by atoms with Gasteiger partial charge >= 0.3 is 0 Å². The van der Waals surface area contributed by atoms with Crippen molar-refractivity contribution in [1.29, 1.82) is 0 Å². The highest BCUT2D eigenvalue weighted by atomic mass is 16.5. The maximum absolute atomic E-state index is 12.8. The second-order valence-electron chi connectivity index (χ2n) is 5.85. The molecule has 1 N–H and O–H groups in total. The summed E-state index contributed by atoms with van der Waals surface area (Å²) < 4.78 is 15.8. The van der Waals surface area contributed by atoms with Gasteiger partial charge in [0.2, 0.25) is 0 Å². The molecule has 0 heterocycles. The molecule has 0 fully saturated rings. The van der Waals surface area contributed by atoms with E-state index in [4.69, 9.17) is 14.2 Å². The molecule has 0 atom stereocenters. The van der Waals surface area contributed by atoms with E-state index in [2.05, 4.69) is 5.32 Å². The molecule has 0 aliphatic carbocycles. The van der Waals surface area contributed by atoms with E-state index in [1.165, 1.54) is 14.2 Å². The van der Waals surface area contributed by atoms with Gasteiger partial charge in [-0.05, 0) is 43.7 Å². The summed E-state index contributed by atoms with van der Waals surface area (Å²) in [4.78, 5) is 12.8. The predicted octanol–water partition coefficient (Wildman–Crippen LogP) is 3.38. The van der Waals surface area contributed by atoms with Crippen LogP contribution in [-0.2, 0) is 5.54 Å². The van der Waals surface area contributed by atoms with Crippen molar-refractivity contribution in [2.24, 2.45) is 0 Å². The van der Waals surface area contributed by atoms with Crippen LogP contribution in [0.3, 0.4) is 0 Å². The van der Waals surface area contributed by atoms with Crippen LogP contribution in [0.1, 0.15) is 29.8 Å². The van der Waals surface area contributed by atoms with E-state index in [1.807, 2.05) is 38.1 Å². The quantitative estimate of drug-likeness (QED) is 0.883. The molecule has 24 heavy (non-hydrogen) atoms. The summed E-state index contributed by atoms with van der Waals surface area (Å²) in [7, 11) is 4.68. The van der Waals surface area contributed by atoms with Crippen LogP contribution in [0.25, 0.3) is 0 Å². The van der Waals surface area contributed by atoms with Crippen LogP contribution < -0.4 is 19.5 Å². The lowest BCUT2D eigenvalue weighted by Crippen LogP contribution is -2.41. The summed E-state index contributed by atoms with van der Waals surface area (Å²) in [6, 6.07) is 12.8. The third kappa shape index (κ3) is 3.62. The first-order valence-corrected chi connectivity index (χ1v) is 7.61. The largest absolute Gasteiger partial charge is 0.497 e. The second-order valence-corrected chi connectivity index (χ2v) is 5.85.